The van der Waals surface area contributed by atoms with Crippen molar-refractivity contribution in [1.82, 2.24) is 20.2 Å². The molecule has 0 amide bonds. The number of rotatable bonds is 5. The van der Waals surface area contributed by atoms with Crippen molar-refractivity contribution in [2.75, 3.05) is 0 Å². The van der Waals surface area contributed by atoms with Crippen LogP contribution in [0.25, 0.3) is 22.3 Å². The second kappa shape index (κ2) is 7.04. The molecule has 1 atom stereocenters. The van der Waals surface area contributed by atoms with Crippen LogP contribution in [0.4, 0.5) is 0 Å². The van der Waals surface area contributed by atoms with Gasteiger partial charge in [0.05, 0.1) is 5.25 Å². The van der Waals surface area contributed by atoms with Gasteiger partial charge in [-0.1, -0.05) is 59.8 Å². The van der Waals surface area contributed by atoms with E-state index >= 15 is 0 Å². The molecule has 2 heterocycles. The smallest absolute Gasteiger partial charge is 0.209 e. The van der Waals surface area contributed by atoms with Gasteiger partial charge in [-0.2, -0.15) is 0 Å². The molecule has 0 bridgehead atoms. The molecular formula is C21H20N4OS. The first-order valence-corrected chi connectivity index (χ1v) is 9.68. The van der Waals surface area contributed by atoms with E-state index in [4.69, 9.17) is 0 Å². The molecule has 0 unspecified atom stereocenters. The van der Waals surface area contributed by atoms with Crippen molar-refractivity contribution in [3.8, 4) is 11.4 Å². The molecular weight excluding hydrogens is 356 g/mol. The van der Waals surface area contributed by atoms with Crippen LogP contribution in [0.5, 0.6) is 0 Å². The minimum absolute atomic E-state index is 0.0802. The lowest BCUT2D eigenvalue weighted by Crippen LogP contribution is -2.14. The lowest BCUT2D eigenvalue weighted by atomic mass is 10.1. The summed E-state index contributed by atoms with van der Waals surface area (Å²) < 4.78 is 0. The summed E-state index contributed by atoms with van der Waals surface area (Å²) in [6.07, 6.45) is 0. The van der Waals surface area contributed by atoms with Crippen LogP contribution in [0.3, 0.4) is 0 Å². The number of ketones is 1. The number of thioether (sulfide) groups is 1. The van der Waals surface area contributed by atoms with Crippen LogP contribution in [0.1, 0.15) is 28.5 Å². The zero-order valence-corrected chi connectivity index (χ0v) is 16.2. The van der Waals surface area contributed by atoms with Crippen LogP contribution in [0, 0.1) is 13.8 Å². The third-order valence-corrected chi connectivity index (χ3v) is 5.54. The Balaban J connectivity index is 1.55. The van der Waals surface area contributed by atoms with Gasteiger partial charge in [-0.25, -0.2) is 4.98 Å². The predicted octanol–water partition coefficient (Wildman–Crippen LogP) is 4.93. The molecule has 0 spiro atoms. The van der Waals surface area contributed by atoms with Crippen LogP contribution in [-0.4, -0.2) is 31.2 Å². The number of carbonyl (C=O) groups is 1. The average molecular weight is 376 g/mol. The van der Waals surface area contributed by atoms with Crippen molar-refractivity contribution in [3.63, 3.8) is 0 Å². The maximum absolute atomic E-state index is 13.1. The fourth-order valence-corrected chi connectivity index (χ4v) is 3.93. The number of aryl methyl sites for hydroxylation is 2. The molecule has 6 heteroatoms. The summed E-state index contributed by atoms with van der Waals surface area (Å²) in [7, 11) is 0. The topological polar surface area (TPSA) is 74.4 Å². The SMILES string of the molecule is Cc1ccc(-c2nc(S[C@@H](C)C(=O)c3c(C)[nH]c4ccccc34)n[nH]2)cc1. The van der Waals surface area contributed by atoms with E-state index in [9.17, 15) is 4.79 Å². The number of Topliss-reactive ketones (excluding diaryl/α,β-unsaturated/α-hetero) is 1. The Morgan fingerprint density at radius 1 is 1.07 bits per heavy atom. The van der Waals surface area contributed by atoms with E-state index in [-0.39, 0.29) is 11.0 Å². The molecule has 2 aromatic heterocycles. The fourth-order valence-electron chi connectivity index (χ4n) is 3.15. The van der Waals surface area contributed by atoms with Crippen molar-refractivity contribution >= 4 is 28.4 Å². The Kier molecular flexibility index (Phi) is 4.58. The number of nitrogens with one attached hydrogen (secondary N) is 2. The van der Waals surface area contributed by atoms with E-state index in [1.165, 1.54) is 17.3 Å². The van der Waals surface area contributed by atoms with Crippen LogP contribution in [-0.2, 0) is 0 Å². The van der Waals surface area contributed by atoms with E-state index in [1.54, 1.807) is 0 Å². The first kappa shape index (κ1) is 17.5. The molecule has 4 rings (SSSR count). The number of fused-ring (bicyclic) bond motifs is 1. The highest BCUT2D eigenvalue weighted by atomic mass is 32.2. The molecule has 2 N–H and O–H groups in total. The summed E-state index contributed by atoms with van der Waals surface area (Å²) in [4.78, 5) is 20.9. The molecule has 5 nitrogen and oxygen atoms in total. The third kappa shape index (κ3) is 3.40. The molecule has 4 aromatic rings. The van der Waals surface area contributed by atoms with Gasteiger partial charge in [0.2, 0.25) is 5.16 Å². The number of aromatic nitrogens is 4. The van der Waals surface area contributed by atoms with E-state index in [0.717, 1.165) is 27.7 Å². The monoisotopic (exact) mass is 376 g/mol. The van der Waals surface area contributed by atoms with E-state index in [2.05, 4.69) is 20.2 Å². The molecule has 0 aliphatic carbocycles. The number of aromatic amines is 2. The minimum Gasteiger partial charge on any atom is -0.358 e. The van der Waals surface area contributed by atoms with Gasteiger partial charge >= 0.3 is 0 Å². The number of carbonyl (C=O) groups excluding carboxylic acids is 1. The fraction of sp³-hybridized carbons (Fsp3) is 0.190. The second-order valence-corrected chi connectivity index (χ2v) is 7.94. The van der Waals surface area contributed by atoms with Crippen LogP contribution >= 0.6 is 11.8 Å². The predicted molar refractivity (Wildman–Crippen MR) is 109 cm³/mol. The van der Waals surface area contributed by atoms with E-state index in [1.807, 2.05) is 69.3 Å². The Labute approximate surface area is 161 Å². The van der Waals surface area contributed by atoms with Gasteiger partial charge in [0.25, 0.3) is 0 Å². The summed E-state index contributed by atoms with van der Waals surface area (Å²) in [5, 5.41) is 8.48. The Morgan fingerprint density at radius 2 is 1.81 bits per heavy atom. The maximum Gasteiger partial charge on any atom is 0.209 e. The molecule has 0 aliphatic heterocycles. The summed E-state index contributed by atoms with van der Waals surface area (Å²) in [6, 6.07) is 16.0. The molecule has 0 radical (unpaired) electrons. The summed E-state index contributed by atoms with van der Waals surface area (Å²) >= 11 is 1.37. The van der Waals surface area contributed by atoms with Gasteiger partial charge in [-0.15, -0.1) is 5.10 Å². The van der Waals surface area contributed by atoms with Gasteiger partial charge in [0.15, 0.2) is 11.6 Å². The van der Waals surface area contributed by atoms with Gasteiger partial charge in [0, 0.05) is 27.7 Å². The maximum atomic E-state index is 13.1. The molecule has 2 aromatic carbocycles. The van der Waals surface area contributed by atoms with Gasteiger partial charge in [-0.3, -0.25) is 9.89 Å². The minimum atomic E-state index is -0.287. The highest BCUT2D eigenvalue weighted by molar-refractivity contribution is 8.00. The first-order valence-electron chi connectivity index (χ1n) is 8.80. The highest BCUT2D eigenvalue weighted by Gasteiger charge is 2.23. The highest BCUT2D eigenvalue weighted by Crippen LogP contribution is 2.29. The lowest BCUT2D eigenvalue weighted by Gasteiger charge is -2.08. The second-order valence-electron chi connectivity index (χ2n) is 6.63. The van der Waals surface area contributed by atoms with E-state index < -0.39 is 0 Å². The third-order valence-electron chi connectivity index (χ3n) is 4.58. The largest absolute Gasteiger partial charge is 0.358 e. The Morgan fingerprint density at radius 3 is 2.59 bits per heavy atom. The number of hydrogen-bond acceptors (Lipinski definition) is 4. The van der Waals surface area contributed by atoms with E-state index in [0.29, 0.717) is 11.0 Å². The molecule has 0 saturated carbocycles. The molecule has 0 saturated heterocycles. The standard InChI is InChI=1S/C21H20N4OS/c1-12-8-10-15(11-9-12)20-23-21(25-24-20)27-14(3)19(26)18-13(2)22-17-7-5-4-6-16(17)18/h4-11,14,22H,1-3H3,(H,23,24,25)/t14-/m0/s1. The Hall–Kier alpha value is -2.86. The van der Waals surface area contributed by atoms with Crippen molar-refractivity contribution in [2.24, 2.45) is 0 Å². The quantitative estimate of drug-likeness (QED) is 0.382. The number of nitrogens with zero attached hydrogens (tertiary/aromatic N) is 2. The average Bonchev–Trinajstić information content (AvgIpc) is 3.25. The molecule has 136 valence electrons. The van der Waals surface area contributed by atoms with Crippen molar-refractivity contribution < 1.29 is 4.79 Å². The zero-order chi connectivity index (χ0) is 19.0. The Bertz CT molecular complexity index is 1110. The number of hydrogen-bond donors (Lipinski definition) is 2. The molecule has 0 fully saturated rings. The zero-order valence-electron chi connectivity index (χ0n) is 15.4. The molecule has 27 heavy (non-hydrogen) atoms. The lowest BCUT2D eigenvalue weighted by molar-refractivity contribution is 0.0995. The van der Waals surface area contributed by atoms with Crippen LogP contribution < -0.4 is 0 Å². The van der Waals surface area contributed by atoms with Gasteiger partial charge < -0.3 is 4.98 Å². The normalized spacial score (nSPS) is 12.4. The summed E-state index contributed by atoms with van der Waals surface area (Å²) in [6.45, 7) is 5.88. The number of benzene rings is 2. The first-order chi connectivity index (χ1) is 13.0. The van der Waals surface area contributed by atoms with Crippen molar-refractivity contribution in [1.29, 1.82) is 0 Å². The number of para-hydroxylation sites is 1. The summed E-state index contributed by atoms with van der Waals surface area (Å²) in [5.41, 5.74) is 4.80. The van der Waals surface area contributed by atoms with Crippen LogP contribution in [0.2, 0.25) is 0 Å². The number of H-pyrrole nitrogens is 2. The molecule has 0 aliphatic rings. The van der Waals surface area contributed by atoms with Crippen molar-refractivity contribution in [3.05, 3.63) is 65.4 Å². The van der Waals surface area contributed by atoms with Gasteiger partial charge in [-0.05, 0) is 26.8 Å². The summed E-state index contributed by atoms with van der Waals surface area (Å²) in [5.74, 6) is 0.789. The van der Waals surface area contributed by atoms with Gasteiger partial charge in [0.1, 0.15) is 0 Å². The van der Waals surface area contributed by atoms with Crippen LogP contribution in [0.15, 0.2) is 53.7 Å². The van der Waals surface area contributed by atoms with Crippen molar-refractivity contribution in [2.45, 2.75) is 31.2 Å².